The lowest BCUT2D eigenvalue weighted by molar-refractivity contribution is 0.0101. The lowest BCUT2D eigenvalue weighted by Gasteiger charge is -2.50. The highest BCUT2D eigenvalue weighted by atomic mass is 15.3. The first-order valence-electron chi connectivity index (χ1n) is 7.76. The molecule has 2 rings (SSSR count). The number of nitrogens with zero attached hydrogens (tertiary/aromatic N) is 2. The highest BCUT2D eigenvalue weighted by Crippen LogP contribution is 2.34. The minimum Gasteiger partial charge on any atom is -0.329 e. The largest absolute Gasteiger partial charge is 0.329 e. The van der Waals surface area contributed by atoms with Crippen molar-refractivity contribution < 1.29 is 0 Å². The maximum absolute atomic E-state index is 6.17. The first-order valence-corrected chi connectivity index (χ1v) is 7.76. The Labute approximate surface area is 113 Å². The molecule has 0 unspecified atom stereocenters. The van der Waals surface area contributed by atoms with Crippen LogP contribution in [0.2, 0.25) is 0 Å². The van der Waals surface area contributed by atoms with Crippen LogP contribution in [-0.4, -0.2) is 54.1 Å². The van der Waals surface area contributed by atoms with Gasteiger partial charge in [-0.15, -0.1) is 0 Å². The van der Waals surface area contributed by atoms with Crippen molar-refractivity contribution in [1.29, 1.82) is 0 Å². The molecule has 0 bridgehead atoms. The summed E-state index contributed by atoms with van der Waals surface area (Å²) in [5.74, 6) is 0. The van der Waals surface area contributed by atoms with Gasteiger partial charge < -0.3 is 10.6 Å². The van der Waals surface area contributed by atoms with Crippen LogP contribution in [-0.2, 0) is 0 Å². The molecule has 1 saturated carbocycles. The average molecular weight is 253 g/mol. The molecule has 3 heteroatoms. The van der Waals surface area contributed by atoms with E-state index in [1.54, 1.807) is 0 Å². The number of likely N-dealkylation sites (tertiary alicyclic amines) is 1. The first-order chi connectivity index (χ1) is 8.59. The Balaban J connectivity index is 1.98. The van der Waals surface area contributed by atoms with E-state index >= 15 is 0 Å². The van der Waals surface area contributed by atoms with Crippen molar-refractivity contribution in [3.05, 3.63) is 0 Å². The molecule has 1 heterocycles. The lowest BCUT2D eigenvalue weighted by Crippen LogP contribution is -2.61. The van der Waals surface area contributed by atoms with Gasteiger partial charge in [0.1, 0.15) is 0 Å². The van der Waals surface area contributed by atoms with Crippen LogP contribution < -0.4 is 5.73 Å². The number of rotatable bonds is 4. The molecule has 3 nitrogen and oxygen atoms in total. The Morgan fingerprint density at radius 2 is 1.78 bits per heavy atom. The second-order valence-corrected chi connectivity index (χ2v) is 6.61. The molecule has 2 fully saturated rings. The van der Waals surface area contributed by atoms with E-state index in [9.17, 15) is 0 Å². The fourth-order valence-corrected chi connectivity index (χ4v) is 3.84. The zero-order valence-corrected chi connectivity index (χ0v) is 12.5. The van der Waals surface area contributed by atoms with Crippen molar-refractivity contribution in [2.45, 2.75) is 70.0 Å². The third-order valence-corrected chi connectivity index (χ3v) is 5.46. The van der Waals surface area contributed by atoms with Gasteiger partial charge in [-0.25, -0.2) is 0 Å². The van der Waals surface area contributed by atoms with E-state index in [2.05, 4.69) is 30.7 Å². The van der Waals surface area contributed by atoms with Crippen molar-refractivity contribution in [3.8, 4) is 0 Å². The number of hydrogen-bond donors (Lipinski definition) is 1. The molecule has 0 aromatic rings. The molecule has 0 aromatic heterocycles. The van der Waals surface area contributed by atoms with Crippen LogP contribution in [0.15, 0.2) is 0 Å². The molecule has 0 amide bonds. The summed E-state index contributed by atoms with van der Waals surface area (Å²) in [6.07, 6.45) is 8.07. The second-order valence-electron chi connectivity index (χ2n) is 6.61. The van der Waals surface area contributed by atoms with Gasteiger partial charge in [-0.3, -0.25) is 4.90 Å². The minimum absolute atomic E-state index is 0.278. The SMILES string of the molecule is CC(C)N1CCC(CN)(N(C)C2CCCC2)CC1. The standard InChI is InChI=1S/C15H31N3/c1-13(2)18-10-8-15(12-16,9-11-18)17(3)14-6-4-5-7-14/h13-14H,4-12,16H2,1-3H3. The molecule has 0 spiro atoms. The Kier molecular flexibility index (Phi) is 4.68. The van der Waals surface area contributed by atoms with Crippen molar-refractivity contribution in [1.82, 2.24) is 9.80 Å². The third-order valence-electron chi connectivity index (χ3n) is 5.46. The molecule has 18 heavy (non-hydrogen) atoms. The molecular formula is C15H31N3. The summed E-state index contributed by atoms with van der Waals surface area (Å²) in [6, 6.07) is 1.47. The first kappa shape index (κ1) is 14.3. The maximum Gasteiger partial charge on any atom is 0.0355 e. The molecule has 1 aliphatic carbocycles. The summed E-state index contributed by atoms with van der Waals surface area (Å²) in [4.78, 5) is 5.24. The lowest BCUT2D eigenvalue weighted by atomic mass is 9.84. The average Bonchev–Trinajstić information content (AvgIpc) is 2.91. The van der Waals surface area contributed by atoms with E-state index in [-0.39, 0.29) is 5.54 Å². The van der Waals surface area contributed by atoms with E-state index in [0.717, 1.165) is 12.6 Å². The second kappa shape index (κ2) is 5.89. The Morgan fingerprint density at radius 1 is 1.22 bits per heavy atom. The van der Waals surface area contributed by atoms with Crippen LogP contribution in [0.4, 0.5) is 0 Å². The monoisotopic (exact) mass is 253 g/mol. The van der Waals surface area contributed by atoms with E-state index in [0.29, 0.717) is 6.04 Å². The van der Waals surface area contributed by atoms with Gasteiger partial charge in [0.2, 0.25) is 0 Å². The third kappa shape index (κ3) is 2.73. The van der Waals surface area contributed by atoms with Gasteiger partial charge >= 0.3 is 0 Å². The predicted octanol–water partition coefficient (Wildman–Crippen LogP) is 2.06. The van der Waals surface area contributed by atoms with E-state index in [1.165, 1.54) is 51.6 Å². The van der Waals surface area contributed by atoms with Gasteiger partial charge in [0, 0.05) is 37.3 Å². The smallest absolute Gasteiger partial charge is 0.0355 e. The summed E-state index contributed by atoms with van der Waals surface area (Å²) in [5.41, 5.74) is 6.45. The van der Waals surface area contributed by atoms with E-state index in [1.807, 2.05) is 0 Å². The Morgan fingerprint density at radius 3 is 2.22 bits per heavy atom. The summed E-state index contributed by atoms with van der Waals surface area (Å²) >= 11 is 0. The number of hydrogen-bond acceptors (Lipinski definition) is 3. The van der Waals surface area contributed by atoms with Crippen molar-refractivity contribution >= 4 is 0 Å². The van der Waals surface area contributed by atoms with Crippen LogP contribution in [0.1, 0.15) is 52.4 Å². The quantitative estimate of drug-likeness (QED) is 0.832. The van der Waals surface area contributed by atoms with Crippen molar-refractivity contribution in [3.63, 3.8) is 0 Å². The van der Waals surface area contributed by atoms with E-state index < -0.39 is 0 Å². The molecule has 106 valence electrons. The minimum atomic E-state index is 0.278. The van der Waals surface area contributed by atoms with Gasteiger partial charge in [-0.1, -0.05) is 12.8 Å². The van der Waals surface area contributed by atoms with Gasteiger partial charge in [-0.05, 0) is 46.6 Å². The fourth-order valence-electron chi connectivity index (χ4n) is 3.84. The molecule has 2 N–H and O–H groups in total. The normalized spacial score (nSPS) is 26.3. The van der Waals surface area contributed by atoms with Gasteiger partial charge in [0.25, 0.3) is 0 Å². The van der Waals surface area contributed by atoms with Crippen molar-refractivity contribution in [2.75, 3.05) is 26.7 Å². The molecule has 1 aliphatic heterocycles. The van der Waals surface area contributed by atoms with Crippen LogP contribution in [0, 0.1) is 0 Å². The molecule has 0 radical (unpaired) electrons. The van der Waals surface area contributed by atoms with Crippen LogP contribution >= 0.6 is 0 Å². The van der Waals surface area contributed by atoms with E-state index in [4.69, 9.17) is 5.73 Å². The van der Waals surface area contributed by atoms with Crippen LogP contribution in [0.25, 0.3) is 0 Å². The molecule has 2 aliphatic rings. The zero-order valence-electron chi connectivity index (χ0n) is 12.5. The Bertz CT molecular complexity index is 250. The summed E-state index contributed by atoms with van der Waals surface area (Å²) in [7, 11) is 2.33. The zero-order chi connectivity index (χ0) is 13.2. The van der Waals surface area contributed by atoms with Gasteiger partial charge in [-0.2, -0.15) is 0 Å². The maximum atomic E-state index is 6.17. The molecule has 0 atom stereocenters. The van der Waals surface area contributed by atoms with Gasteiger partial charge in [0.15, 0.2) is 0 Å². The molecule has 0 aromatic carbocycles. The number of piperidine rings is 1. The Hall–Kier alpha value is -0.120. The summed E-state index contributed by atoms with van der Waals surface area (Å²) in [5, 5.41) is 0. The summed E-state index contributed by atoms with van der Waals surface area (Å²) in [6.45, 7) is 7.86. The molecule has 1 saturated heterocycles. The van der Waals surface area contributed by atoms with Crippen LogP contribution in [0.5, 0.6) is 0 Å². The van der Waals surface area contributed by atoms with Crippen LogP contribution in [0.3, 0.4) is 0 Å². The van der Waals surface area contributed by atoms with Crippen molar-refractivity contribution in [2.24, 2.45) is 5.73 Å². The molecular weight excluding hydrogens is 222 g/mol. The summed E-state index contributed by atoms with van der Waals surface area (Å²) < 4.78 is 0. The highest BCUT2D eigenvalue weighted by Gasteiger charge is 2.40. The topological polar surface area (TPSA) is 32.5 Å². The predicted molar refractivity (Wildman–Crippen MR) is 77.7 cm³/mol. The number of likely N-dealkylation sites (N-methyl/N-ethyl adjacent to an activating group) is 1. The highest BCUT2D eigenvalue weighted by molar-refractivity contribution is 4.98. The number of nitrogens with two attached hydrogens (primary N) is 1. The van der Waals surface area contributed by atoms with Gasteiger partial charge in [0.05, 0.1) is 0 Å². The fraction of sp³-hybridized carbons (Fsp3) is 1.00.